The zero-order valence-electron chi connectivity index (χ0n) is 15.0. The van der Waals surface area contributed by atoms with E-state index in [0.29, 0.717) is 26.2 Å². The largest absolute Gasteiger partial charge is 0.338 e. The van der Waals surface area contributed by atoms with Crippen LogP contribution in [0.1, 0.15) is 34.1 Å². The Hall–Kier alpha value is -0.920. The van der Waals surface area contributed by atoms with Crippen molar-refractivity contribution in [2.24, 2.45) is 5.92 Å². The minimum atomic E-state index is -3.14. The van der Waals surface area contributed by atoms with Gasteiger partial charge in [0.05, 0.1) is 12.3 Å². The van der Waals surface area contributed by atoms with Gasteiger partial charge in [-0.15, -0.1) is 0 Å². The molecule has 23 heavy (non-hydrogen) atoms. The number of carbonyl (C=O) groups is 1. The van der Waals surface area contributed by atoms with Crippen LogP contribution in [0.4, 0.5) is 0 Å². The predicted octanol–water partition coefficient (Wildman–Crippen LogP) is 1.06. The van der Waals surface area contributed by atoms with E-state index in [1.165, 1.54) is 10.6 Å². The van der Waals surface area contributed by atoms with Crippen molar-refractivity contribution in [3.63, 3.8) is 0 Å². The SMILES string of the molecule is C=C(C)CN(CC)C(=O)C(C)NC1CCN(S(C)(=O)=O)CC1C. The van der Waals surface area contributed by atoms with Gasteiger partial charge in [0, 0.05) is 32.2 Å². The van der Waals surface area contributed by atoms with Gasteiger partial charge in [0.25, 0.3) is 0 Å². The topological polar surface area (TPSA) is 69.7 Å². The fourth-order valence-electron chi connectivity index (χ4n) is 2.99. The van der Waals surface area contributed by atoms with Crippen LogP contribution in [0.3, 0.4) is 0 Å². The maximum Gasteiger partial charge on any atom is 0.239 e. The number of hydrogen-bond donors (Lipinski definition) is 1. The van der Waals surface area contributed by atoms with Crippen LogP contribution in [-0.4, -0.2) is 68.0 Å². The number of piperidine rings is 1. The van der Waals surface area contributed by atoms with Crippen molar-refractivity contribution in [2.75, 3.05) is 32.4 Å². The molecule has 6 nitrogen and oxygen atoms in total. The van der Waals surface area contributed by atoms with E-state index in [-0.39, 0.29) is 23.9 Å². The highest BCUT2D eigenvalue weighted by molar-refractivity contribution is 7.88. The van der Waals surface area contributed by atoms with Crippen LogP contribution in [-0.2, 0) is 14.8 Å². The first-order valence-corrected chi connectivity index (χ1v) is 10.0. The number of carbonyl (C=O) groups excluding carboxylic acids is 1. The molecule has 1 aliphatic heterocycles. The fourth-order valence-corrected chi connectivity index (χ4v) is 3.94. The minimum Gasteiger partial charge on any atom is -0.338 e. The number of nitrogens with zero attached hydrogens (tertiary/aromatic N) is 2. The van der Waals surface area contributed by atoms with Gasteiger partial charge < -0.3 is 10.2 Å². The van der Waals surface area contributed by atoms with E-state index in [1.807, 2.05) is 27.7 Å². The van der Waals surface area contributed by atoms with Crippen molar-refractivity contribution in [1.82, 2.24) is 14.5 Å². The van der Waals surface area contributed by atoms with Crippen molar-refractivity contribution in [2.45, 2.75) is 46.2 Å². The third kappa shape index (κ3) is 5.90. The third-order valence-electron chi connectivity index (χ3n) is 4.33. The first-order valence-electron chi connectivity index (χ1n) is 8.20. The number of amides is 1. The van der Waals surface area contributed by atoms with E-state index < -0.39 is 10.0 Å². The molecule has 1 heterocycles. The zero-order valence-corrected chi connectivity index (χ0v) is 15.8. The Kier molecular flexibility index (Phi) is 7.23. The van der Waals surface area contributed by atoms with Gasteiger partial charge in [-0.05, 0) is 33.1 Å². The van der Waals surface area contributed by atoms with Crippen molar-refractivity contribution in [1.29, 1.82) is 0 Å². The number of nitrogens with one attached hydrogen (secondary N) is 1. The summed E-state index contributed by atoms with van der Waals surface area (Å²) in [4.78, 5) is 14.3. The van der Waals surface area contributed by atoms with Crippen molar-refractivity contribution >= 4 is 15.9 Å². The quantitative estimate of drug-likeness (QED) is 0.701. The molecule has 1 saturated heterocycles. The number of likely N-dealkylation sites (N-methyl/N-ethyl adjacent to an activating group) is 1. The van der Waals surface area contributed by atoms with Crippen molar-refractivity contribution in [3.8, 4) is 0 Å². The molecule has 1 rings (SSSR count). The van der Waals surface area contributed by atoms with Crippen molar-refractivity contribution in [3.05, 3.63) is 12.2 Å². The molecule has 0 aromatic heterocycles. The predicted molar refractivity (Wildman–Crippen MR) is 93.7 cm³/mol. The third-order valence-corrected chi connectivity index (χ3v) is 5.60. The van der Waals surface area contributed by atoms with Crippen LogP contribution in [0.25, 0.3) is 0 Å². The highest BCUT2D eigenvalue weighted by atomic mass is 32.2. The molecule has 0 spiro atoms. The van der Waals surface area contributed by atoms with Gasteiger partial charge in [-0.1, -0.05) is 19.1 Å². The van der Waals surface area contributed by atoms with Crippen LogP contribution in [0.2, 0.25) is 0 Å². The van der Waals surface area contributed by atoms with E-state index in [2.05, 4.69) is 11.9 Å². The van der Waals surface area contributed by atoms with Gasteiger partial charge in [-0.2, -0.15) is 0 Å². The number of rotatable bonds is 7. The van der Waals surface area contributed by atoms with Crippen LogP contribution in [0, 0.1) is 5.92 Å². The highest BCUT2D eigenvalue weighted by Crippen LogP contribution is 2.19. The molecule has 0 saturated carbocycles. The summed E-state index contributed by atoms with van der Waals surface area (Å²) in [6, 6.07) is -0.137. The van der Waals surface area contributed by atoms with Gasteiger partial charge in [-0.3, -0.25) is 4.79 Å². The summed E-state index contributed by atoms with van der Waals surface area (Å²) in [7, 11) is -3.14. The first kappa shape index (κ1) is 20.1. The van der Waals surface area contributed by atoms with Gasteiger partial charge in [0.15, 0.2) is 0 Å². The zero-order chi connectivity index (χ0) is 17.8. The summed E-state index contributed by atoms with van der Waals surface area (Å²) < 4.78 is 24.8. The second-order valence-electron chi connectivity index (χ2n) is 6.69. The average Bonchev–Trinajstić information content (AvgIpc) is 2.44. The highest BCUT2D eigenvalue weighted by Gasteiger charge is 2.32. The Labute approximate surface area is 141 Å². The minimum absolute atomic E-state index is 0.0632. The van der Waals surface area contributed by atoms with E-state index in [1.54, 1.807) is 4.90 Å². The lowest BCUT2D eigenvalue weighted by Crippen LogP contribution is -2.55. The van der Waals surface area contributed by atoms with E-state index in [0.717, 1.165) is 12.0 Å². The van der Waals surface area contributed by atoms with Gasteiger partial charge in [0.1, 0.15) is 0 Å². The Morgan fingerprint density at radius 2 is 2.09 bits per heavy atom. The number of sulfonamides is 1. The molecule has 1 fully saturated rings. The maximum absolute atomic E-state index is 12.5. The Morgan fingerprint density at radius 3 is 2.52 bits per heavy atom. The average molecular weight is 346 g/mol. The smallest absolute Gasteiger partial charge is 0.239 e. The monoisotopic (exact) mass is 345 g/mol. The Balaban J connectivity index is 2.62. The summed E-state index contributed by atoms with van der Waals surface area (Å²) in [6.45, 7) is 13.9. The normalized spacial score (nSPS) is 24.2. The lowest BCUT2D eigenvalue weighted by molar-refractivity contribution is -0.132. The lowest BCUT2D eigenvalue weighted by atomic mass is 9.94. The van der Waals surface area contributed by atoms with Crippen molar-refractivity contribution < 1.29 is 13.2 Å². The standard InChI is InChI=1S/C16H31N3O3S/c1-7-18(10-12(2)3)16(20)14(5)17-15-8-9-19(11-13(15)4)23(6,21)22/h13-15,17H,2,7-11H2,1,3-6H3. The second-order valence-corrected chi connectivity index (χ2v) is 8.67. The van der Waals surface area contributed by atoms with Crippen LogP contribution >= 0.6 is 0 Å². The molecular weight excluding hydrogens is 314 g/mol. The molecule has 0 aliphatic carbocycles. The van der Waals surface area contributed by atoms with E-state index in [4.69, 9.17) is 0 Å². The summed E-state index contributed by atoms with van der Waals surface area (Å²) >= 11 is 0. The van der Waals surface area contributed by atoms with E-state index >= 15 is 0 Å². The van der Waals surface area contributed by atoms with Crippen LogP contribution in [0.15, 0.2) is 12.2 Å². The summed E-state index contributed by atoms with van der Waals surface area (Å²) in [5.41, 5.74) is 0.960. The Morgan fingerprint density at radius 1 is 1.48 bits per heavy atom. The first-order chi connectivity index (χ1) is 10.6. The second kappa shape index (κ2) is 8.26. The van der Waals surface area contributed by atoms with E-state index in [9.17, 15) is 13.2 Å². The van der Waals surface area contributed by atoms with Gasteiger partial charge in [-0.25, -0.2) is 12.7 Å². The summed E-state index contributed by atoms with van der Waals surface area (Å²) in [5.74, 6) is 0.234. The molecule has 0 aromatic rings. The molecule has 3 unspecified atom stereocenters. The van der Waals surface area contributed by atoms with Gasteiger partial charge in [0.2, 0.25) is 15.9 Å². The molecule has 134 valence electrons. The molecular formula is C16H31N3O3S. The molecule has 7 heteroatoms. The van der Waals surface area contributed by atoms with Crippen LogP contribution in [0.5, 0.6) is 0 Å². The summed E-state index contributed by atoms with van der Waals surface area (Å²) in [5, 5.41) is 3.39. The molecule has 0 radical (unpaired) electrons. The molecule has 1 N–H and O–H groups in total. The molecule has 0 bridgehead atoms. The Bertz CT molecular complexity index is 533. The lowest BCUT2D eigenvalue weighted by Gasteiger charge is -2.37. The fraction of sp³-hybridized carbons (Fsp3) is 0.812. The molecule has 0 aromatic carbocycles. The van der Waals surface area contributed by atoms with Gasteiger partial charge >= 0.3 is 0 Å². The summed E-state index contributed by atoms with van der Waals surface area (Å²) in [6.07, 6.45) is 1.97. The molecule has 1 aliphatic rings. The number of hydrogen-bond acceptors (Lipinski definition) is 4. The maximum atomic E-state index is 12.5. The molecule has 3 atom stereocenters. The van der Waals surface area contributed by atoms with Crippen LogP contribution < -0.4 is 5.32 Å². The molecule has 1 amide bonds.